The third kappa shape index (κ3) is 6.85. The van der Waals surface area contributed by atoms with Crippen LogP contribution in [0.1, 0.15) is 71.1 Å². The van der Waals surface area contributed by atoms with Crippen LogP contribution in [0.15, 0.2) is 0 Å². The van der Waals surface area contributed by atoms with Gasteiger partial charge in [-0.25, -0.2) is 0 Å². The van der Waals surface area contributed by atoms with E-state index in [-0.39, 0.29) is 12.3 Å². The van der Waals surface area contributed by atoms with E-state index in [0.717, 1.165) is 32.2 Å². The fourth-order valence-corrected chi connectivity index (χ4v) is 4.20. The van der Waals surface area contributed by atoms with E-state index in [1.54, 1.807) is 6.92 Å². The second kappa shape index (κ2) is 11.5. The number of rotatable bonds is 8. The summed E-state index contributed by atoms with van der Waals surface area (Å²) in [6.07, 6.45) is 9.27. The van der Waals surface area contributed by atoms with Crippen molar-refractivity contribution in [2.45, 2.75) is 83.3 Å². The molecule has 1 saturated heterocycles. The van der Waals surface area contributed by atoms with Gasteiger partial charge < -0.3 is 16.2 Å². The van der Waals surface area contributed by atoms with Crippen molar-refractivity contribution in [3.8, 4) is 0 Å². The number of primary amides is 1. The van der Waals surface area contributed by atoms with Gasteiger partial charge in [0.25, 0.3) is 0 Å². The van der Waals surface area contributed by atoms with Crippen LogP contribution in [0, 0.1) is 18.3 Å². The SMILES string of the molecule is CC(C[CH]C(=O)N(C(=O)CCC1CCCCC1)C1CCCNC[C@@H]1O)C(N)=O. The van der Waals surface area contributed by atoms with E-state index in [4.69, 9.17) is 5.73 Å². The Balaban J connectivity index is 2.04. The van der Waals surface area contributed by atoms with Crippen molar-refractivity contribution >= 4 is 17.7 Å². The van der Waals surface area contributed by atoms with E-state index in [2.05, 4.69) is 5.32 Å². The number of nitrogens with one attached hydrogen (secondary N) is 1. The molecule has 0 aromatic rings. The van der Waals surface area contributed by atoms with Gasteiger partial charge in [-0.2, -0.15) is 0 Å². The van der Waals surface area contributed by atoms with Gasteiger partial charge in [-0.15, -0.1) is 0 Å². The molecular weight excluding hydrogens is 358 g/mol. The Morgan fingerprint density at radius 3 is 2.57 bits per heavy atom. The molecule has 0 spiro atoms. The lowest BCUT2D eigenvalue weighted by molar-refractivity contribution is -0.149. The number of β-amino-alcohol motifs (C(OH)–C–C–N with tert-alkyl or cyclic N) is 1. The molecule has 2 aliphatic rings. The van der Waals surface area contributed by atoms with Crippen molar-refractivity contribution in [2.75, 3.05) is 13.1 Å². The molecule has 1 aliphatic heterocycles. The second-order valence-corrected chi connectivity index (χ2v) is 8.37. The van der Waals surface area contributed by atoms with Crippen LogP contribution < -0.4 is 11.1 Å². The van der Waals surface area contributed by atoms with Crippen molar-refractivity contribution in [2.24, 2.45) is 17.6 Å². The number of nitrogens with two attached hydrogens (primary N) is 1. The lowest BCUT2D eigenvalue weighted by Gasteiger charge is -2.33. The minimum Gasteiger partial charge on any atom is -0.390 e. The Kier molecular flexibility index (Phi) is 9.38. The van der Waals surface area contributed by atoms with Crippen molar-refractivity contribution in [1.82, 2.24) is 10.2 Å². The number of imide groups is 1. The summed E-state index contributed by atoms with van der Waals surface area (Å²) >= 11 is 0. The molecule has 3 atom stereocenters. The molecule has 2 unspecified atom stereocenters. The van der Waals surface area contributed by atoms with Crippen LogP contribution in [0.3, 0.4) is 0 Å². The molecule has 0 aromatic carbocycles. The molecule has 7 nitrogen and oxygen atoms in total. The largest absolute Gasteiger partial charge is 0.390 e. The zero-order valence-electron chi connectivity index (χ0n) is 17.1. The fraction of sp³-hybridized carbons (Fsp3) is 0.810. The number of nitrogens with zero attached hydrogens (tertiary/aromatic N) is 1. The molecule has 2 rings (SSSR count). The number of aliphatic hydroxyl groups excluding tert-OH is 1. The maximum atomic E-state index is 13.0. The van der Waals surface area contributed by atoms with Crippen molar-refractivity contribution in [3.05, 3.63) is 6.42 Å². The van der Waals surface area contributed by atoms with Gasteiger partial charge in [0.1, 0.15) is 0 Å². The summed E-state index contributed by atoms with van der Waals surface area (Å²) in [6, 6.07) is -0.526. The van der Waals surface area contributed by atoms with Gasteiger partial charge in [-0.3, -0.25) is 19.3 Å². The van der Waals surface area contributed by atoms with Crippen LogP contribution in [0.25, 0.3) is 0 Å². The van der Waals surface area contributed by atoms with Crippen LogP contribution in [0.2, 0.25) is 0 Å². The van der Waals surface area contributed by atoms with Gasteiger partial charge in [0.2, 0.25) is 17.7 Å². The molecular formula is C21H36N3O4. The van der Waals surface area contributed by atoms with Crippen LogP contribution in [0.5, 0.6) is 0 Å². The predicted octanol–water partition coefficient (Wildman–Crippen LogP) is 1.53. The number of carbonyl (C=O) groups is 3. The Labute approximate surface area is 168 Å². The standard InChI is InChI=1S/C21H36N3O4/c1-15(21(22)28)9-11-19(26)24(17-8-5-13-23-14-18(17)25)20(27)12-10-16-6-3-2-4-7-16/h11,15-18,23,25H,2-10,12-14H2,1H3,(H2,22,28)/t15?,17?,18-/m0/s1. The lowest BCUT2D eigenvalue weighted by atomic mass is 9.86. The van der Waals surface area contributed by atoms with E-state index in [1.165, 1.54) is 30.6 Å². The molecule has 1 radical (unpaired) electrons. The Bertz CT molecular complexity index is 534. The molecule has 1 saturated carbocycles. The second-order valence-electron chi connectivity index (χ2n) is 8.37. The van der Waals surface area contributed by atoms with Crippen LogP contribution in [-0.2, 0) is 14.4 Å². The minimum atomic E-state index is -0.785. The summed E-state index contributed by atoms with van der Waals surface area (Å²) in [5, 5.41) is 13.6. The fourth-order valence-electron chi connectivity index (χ4n) is 4.20. The van der Waals surface area contributed by atoms with Gasteiger partial charge in [-0.05, 0) is 38.1 Å². The molecule has 4 N–H and O–H groups in total. The van der Waals surface area contributed by atoms with E-state index >= 15 is 0 Å². The van der Waals surface area contributed by atoms with E-state index in [0.29, 0.717) is 25.3 Å². The van der Waals surface area contributed by atoms with Crippen LogP contribution in [-0.4, -0.2) is 53.0 Å². The maximum Gasteiger partial charge on any atom is 0.233 e. The number of amides is 3. The number of hydrogen-bond acceptors (Lipinski definition) is 5. The first kappa shape index (κ1) is 22.8. The van der Waals surface area contributed by atoms with Crippen LogP contribution in [0.4, 0.5) is 0 Å². The average molecular weight is 395 g/mol. The minimum absolute atomic E-state index is 0.196. The van der Waals surface area contributed by atoms with E-state index < -0.39 is 29.9 Å². The molecule has 0 bridgehead atoms. The van der Waals surface area contributed by atoms with E-state index in [1.807, 2.05) is 0 Å². The highest BCUT2D eigenvalue weighted by Gasteiger charge is 2.35. The lowest BCUT2D eigenvalue weighted by Crippen LogP contribution is -2.52. The summed E-state index contributed by atoms with van der Waals surface area (Å²) in [5.74, 6) is -1.03. The number of carbonyl (C=O) groups excluding carboxylic acids is 3. The predicted molar refractivity (Wildman–Crippen MR) is 107 cm³/mol. The highest BCUT2D eigenvalue weighted by Crippen LogP contribution is 2.28. The zero-order chi connectivity index (χ0) is 20.5. The highest BCUT2D eigenvalue weighted by molar-refractivity contribution is 6.00. The first-order valence-corrected chi connectivity index (χ1v) is 10.8. The smallest absolute Gasteiger partial charge is 0.233 e. The van der Waals surface area contributed by atoms with Crippen molar-refractivity contribution < 1.29 is 19.5 Å². The Morgan fingerprint density at radius 2 is 1.89 bits per heavy atom. The van der Waals surface area contributed by atoms with Crippen molar-refractivity contribution in [3.63, 3.8) is 0 Å². The molecule has 7 heteroatoms. The first-order chi connectivity index (χ1) is 13.4. The topological polar surface area (TPSA) is 113 Å². The molecule has 1 aliphatic carbocycles. The average Bonchev–Trinajstić information content (AvgIpc) is 2.90. The summed E-state index contributed by atoms with van der Waals surface area (Å²) in [6.45, 7) is 2.78. The van der Waals surface area contributed by atoms with Gasteiger partial charge in [0.15, 0.2) is 0 Å². The van der Waals surface area contributed by atoms with Crippen LogP contribution >= 0.6 is 0 Å². The molecule has 0 aromatic heterocycles. The monoisotopic (exact) mass is 394 g/mol. The summed E-state index contributed by atoms with van der Waals surface area (Å²) in [5.41, 5.74) is 5.27. The van der Waals surface area contributed by atoms with Crippen molar-refractivity contribution in [1.29, 1.82) is 0 Å². The van der Waals surface area contributed by atoms with Gasteiger partial charge >= 0.3 is 0 Å². The molecule has 28 heavy (non-hydrogen) atoms. The third-order valence-corrected chi connectivity index (χ3v) is 6.11. The zero-order valence-corrected chi connectivity index (χ0v) is 17.1. The summed E-state index contributed by atoms with van der Waals surface area (Å²) in [4.78, 5) is 38.4. The number of hydrogen-bond donors (Lipinski definition) is 3. The van der Waals surface area contributed by atoms with Gasteiger partial charge in [0.05, 0.1) is 18.6 Å². The maximum absolute atomic E-state index is 13.0. The molecule has 1 heterocycles. The molecule has 2 fully saturated rings. The Morgan fingerprint density at radius 1 is 1.18 bits per heavy atom. The normalized spacial score (nSPS) is 24.9. The quantitative estimate of drug-likeness (QED) is 0.578. The van der Waals surface area contributed by atoms with Gasteiger partial charge in [0, 0.05) is 18.9 Å². The highest BCUT2D eigenvalue weighted by atomic mass is 16.3. The summed E-state index contributed by atoms with van der Waals surface area (Å²) < 4.78 is 0. The molecule has 3 amide bonds. The summed E-state index contributed by atoms with van der Waals surface area (Å²) in [7, 11) is 0. The third-order valence-electron chi connectivity index (χ3n) is 6.11. The molecule has 159 valence electrons. The first-order valence-electron chi connectivity index (χ1n) is 10.8. The van der Waals surface area contributed by atoms with E-state index in [9.17, 15) is 19.5 Å². The van der Waals surface area contributed by atoms with Gasteiger partial charge in [-0.1, -0.05) is 39.0 Å². The number of aliphatic hydroxyl groups is 1. The Hall–Kier alpha value is -1.47.